The van der Waals surface area contributed by atoms with Crippen LogP contribution >= 0.6 is 0 Å². The van der Waals surface area contributed by atoms with Crippen molar-refractivity contribution >= 4 is 22.6 Å². The predicted molar refractivity (Wildman–Crippen MR) is 108 cm³/mol. The van der Waals surface area contributed by atoms with Gasteiger partial charge in [0.15, 0.2) is 0 Å². The minimum atomic E-state index is -0.359. The molecule has 1 heterocycles. The standard InChI is InChI=1S/C23H22N2O3/c1-15-9-10-20(21(26)11-15)23(28)24-18-12-22(27)25(14-18)13-17-7-4-6-16-5-2-3-8-19(16)17/h2-11,18,26H,12-14H2,1H3,(H,24,28)/t18-/m1/s1. The van der Waals surface area contributed by atoms with E-state index in [1.165, 1.54) is 0 Å². The zero-order valence-electron chi connectivity index (χ0n) is 15.7. The van der Waals surface area contributed by atoms with Crippen LogP contribution < -0.4 is 5.32 Å². The molecule has 0 saturated carbocycles. The molecule has 5 nitrogen and oxygen atoms in total. The molecule has 5 heteroatoms. The van der Waals surface area contributed by atoms with Crippen LogP contribution in [0.2, 0.25) is 0 Å². The number of carbonyl (C=O) groups is 2. The highest BCUT2D eigenvalue weighted by Gasteiger charge is 2.31. The minimum Gasteiger partial charge on any atom is -0.507 e. The van der Waals surface area contributed by atoms with E-state index in [0.29, 0.717) is 13.1 Å². The zero-order valence-corrected chi connectivity index (χ0v) is 15.7. The average molecular weight is 374 g/mol. The quantitative estimate of drug-likeness (QED) is 0.735. The topological polar surface area (TPSA) is 69.6 Å². The van der Waals surface area contributed by atoms with Gasteiger partial charge in [0, 0.05) is 19.5 Å². The first-order chi connectivity index (χ1) is 13.5. The lowest BCUT2D eigenvalue weighted by atomic mass is 10.0. The zero-order chi connectivity index (χ0) is 19.7. The van der Waals surface area contributed by atoms with Gasteiger partial charge in [-0.3, -0.25) is 9.59 Å². The van der Waals surface area contributed by atoms with Crippen LogP contribution in [0.15, 0.2) is 60.7 Å². The second-order valence-electron chi connectivity index (χ2n) is 7.31. The maximum Gasteiger partial charge on any atom is 0.255 e. The van der Waals surface area contributed by atoms with Gasteiger partial charge in [-0.05, 0) is 41.0 Å². The molecule has 0 bridgehead atoms. The Morgan fingerprint density at radius 3 is 2.75 bits per heavy atom. The van der Waals surface area contributed by atoms with Gasteiger partial charge in [0.2, 0.25) is 5.91 Å². The van der Waals surface area contributed by atoms with E-state index >= 15 is 0 Å². The molecule has 2 amide bonds. The van der Waals surface area contributed by atoms with E-state index in [9.17, 15) is 14.7 Å². The van der Waals surface area contributed by atoms with Gasteiger partial charge in [-0.2, -0.15) is 0 Å². The molecule has 0 unspecified atom stereocenters. The number of aryl methyl sites for hydroxylation is 1. The van der Waals surface area contributed by atoms with Crippen LogP contribution in [0, 0.1) is 6.92 Å². The number of phenols is 1. The first-order valence-electron chi connectivity index (χ1n) is 9.36. The molecule has 3 aromatic rings. The predicted octanol–water partition coefficient (Wildman–Crippen LogP) is 3.38. The maximum atomic E-state index is 12.5. The second kappa shape index (κ2) is 7.35. The van der Waals surface area contributed by atoms with Gasteiger partial charge in [0.1, 0.15) is 5.75 Å². The van der Waals surface area contributed by atoms with E-state index in [4.69, 9.17) is 0 Å². The number of aromatic hydroxyl groups is 1. The number of nitrogens with zero attached hydrogens (tertiary/aromatic N) is 1. The van der Waals surface area contributed by atoms with E-state index in [0.717, 1.165) is 21.9 Å². The van der Waals surface area contributed by atoms with Crippen molar-refractivity contribution in [1.82, 2.24) is 10.2 Å². The van der Waals surface area contributed by atoms with Crippen LogP contribution in [0.1, 0.15) is 27.9 Å². The molecule has 4 rings (SSSR count). The number of hydrogen-bond acceptors (Lipinski definition) is 3. The summed E-state index contributed by atoms with van der Waals surface area (Å²) in [5.41, 5.74) is 2.20. The number of carbonyl (C=O) groups excluding carboxylic acids is 2. The van der Waals surface area contributed by atoms with Crippen molar-refractivity contribution in [3.8, 4) is 5.75 Å². The van der Waals surface area contributed by atoms with Gasteiger partial charge < -0.3 is 15.3 Å². The summed E-state index contributed by atoms with van der Waals surface area (Å²) in [4.78, 5) is 26.7. The van der Waals surface area contributed by atoms with Crippen molar-refractivity contribution in [3.63, 3.8) is 0 Å². The summed E-state index contributed by atoms with van der Waals surface area (Å²) in [6.07, 6.45) is 0.267. The van der Waals surface area contributed by atoms with Crippen LogP contribution in [-0.4, -0.2) is 34.4 Å². The molecule has 3 aromatic carbocycles. The first kappa shape index (κ1) is 18.0. The molecule has 1 atom stereocenters. The Kier molecular flexibility index (Phi) is 4.74. The fourth-order valence-corrected chi connectivity index (χ4v) is 3.75. The van der Waals surface area contributed by atoms with Crippen LogP contribution in [0.4, 0.5) is 0 Å². The molecular formula is C23H22N2O3. The third-order valence-corrected chi connectivity index (χ3v) is 5.19. The molecule has 0 radical (unpaired) electrons. The molecule has 0 aliphatic carbocycles. The summed E-state index contributed by atoms with van der Waals surface area (Å²) >= 11 is 0. The Hall–Kier alpha value is -3.34. The van der Waals surface area contributed by atoms with Crippen LogP contribution in [0.5, 0.6) is 5.75 Å². The van der Waals surface area contributed by atoms with Crippen LogP contribution in [0.3, 0.4) is 0 Å². The lowest BCUT2D eigenvalue weighted by Gasteiger charge is -2.18. The largest absolute Gasteiger partial charge is 0.507 e. The minimum absolute atomic E-state index is 0.0198. The molecular weight excluding hydrogens is 352 g/mol. The summed E-state index contributed by atoms with van der Waals surface area (Å²) < 4.78 is 0. The van der Waals surface area contributed by atoms with Crippen LogP contribution in [0.25, 0.3) is 10.8 Å². The van der Waals surface area contributed by atoms with Crippen molar-refractivity contribution in [3.05, 3.63) is 77.4 Å². The third kappa shape index (κ3) is 3.56. The Morgan fingerprint density at radius 2 is 1.93 bits per heavy atom. The van der Waals surface area contributed by atoms with Gasteiger partial charge in [0.05, 0.1) is 11.6 Å². The lowest BCUT2D eigenvalue weighted by Crippen LogP contribution is -2.37. The van der Waals surface area contributed by atoms with E-state index in [1.54, 1.807) is 23.1 Å². The summed E-state index contributed by atoms with van der Waals surface area (Å²) in [6.45, 7) is 2.82. The normalized spacial score (nSPS) is 16.5. The highest BCUT2D eigenvalue weighted by molar-refractivity contribution is 5.97. The highest BCUT2D eigenvalue weighted by Crippen LogP contribution is 2.23. The first-order valence-corrected chi connectivity index (χ1v) is 9.36. The summed E-state index contributed by atoms with van der Waals surface area (Å²) in [6, 6.07) is 18.9. The summed E-state index contributed by atoms with van der Waals surface area (Å²) in [5, 5.41) is 15.2. The summed E-state index contributed by atoms with van der Waals surface area (Å²) in [5.74, 6) is -0.386. The van der Waals surface area contributed by atoms with Gasteiger partial charge in [-0.1, -0.05) is 48.5 Å². The maximum absolute atomic E-state index is 12.5. The van der Waals surface area contributed by atoms with Gasteiger partial charge >= 0.3 is 0 Å². The number of likely N-dealkylation sites (tertiary alicyclic amines) is 1. The molecule has 1 aliphatic heterocycles. The fourth-order valence-electron chi connectivity index (χ4n) is 3.75. The molecule has 2 N–H and O–H groups in total. The van der Waals surface area contributed by atoms with Crippen molar-refractivity contribution in [1.29, 1.82) is 0 Å². The van der Waals surface area contributed by atoms with Crippen molar-refractivity contribution in [2.24, 2.45) is 0 Å². The molecule has 0 aromatic heterocycles. The number of rotatable bonds is 4. The summed E-state index contributed by atoms with van der Waals surface area (Å²) in [7, 11) is 0. The Bertz CT molecular complexity index is 1060. The Balaban J connectivity index is 1.46. The Labute approximate surface area is 163 Å². The Morgan fingerprint density at radius 1 is 1.14 bits per heavy atom. The van der Waals surface area contributed by atoms with Crippen LogP contribution in [-0.2, 0) is 11.3 Å². The smallest absolute Gasteiger partial charge is 0.255 e. The highest BCUT2D eigenvalue weighted by atomic mass is 16.3. The monoisotopic (exact) mass is 374 g/mol. The van der Waals surface area contributed by atoms with Gasteiger partial charge in [-0.25, -0.2) is 0 Å². The second-order valence-corrected chi connectivity index (χ2v) is 7.31. The average Bonchev–Trinajstić information content (AvgIpc) is 3.00. The van der Waals surface area contributed by atoms with Crippen molar-refractivity contribution in [2.75, 3.05) is 6.54 Å². The molecule has 1 saturated heterocycles. The third-order valence-electron chi connectivity index (χ3n) is 5.19. The number of benzene rings is 3. The lowest BCUT2D eigenvalue weighted by molar-refractivity contribution is -0.128. The number of nitrogens with one attached hydrogen (secondary N) is 1. The van der Waals surface area contributed by atoms with Gasteiger partial charge in [-0.15, -0.1) is 0 Å². The molecule has 142 valence electrons. The van der Waals surface area contributed by atoms with E-state index < -0.39 is 0 Å². The number of amides is 2. The number of hydrogen-bond donors (Lipinski definition) is 2. The SMILES string of the molecule is Cc1ccc(C(=O)N[C@@H]2CC(=O)N(Cc3cccc4ccccc34)C2)c(O)c1. The van der Waals surface area contributed by atoms with E-state index in [1.807, 2.05) is 31.2 Å². The molecule has 0 spiro atoms. The van der Waals surface area contributed by atoms with E-state index in [2.05, 4.69) is 23.5 Å². The van der Waals surface area contributed by atoms with Crippen molar-refractivity contribution in [2.45, 2.75) is 25.9 Å². The number of phenolic OH excluding ortho intramolecular Hbond substituents is 1. The fraction of sp³-hybridized carbons (Fsp3) is 0.217. The van der Waals surface area contributed by atoms with Gasteiger partial charge in [0.25, 0.3) is 5.91 Å². The molecule has 1 aliphatic rings. The number of fused-ring (bicyclic) bond motifs is 1. The van der Waals surface area contributed by atoms with E-state index in [-0.39, 0.29) is 35.6 Å². The molecule has 1 fully saturated rings. The van der Waals surface area contributed by atoms with Crippen molar-refractivity contribution < 1.29 is 14.7 Å². The molecule has 28 heavy (non-hydrogen) atoms.